The van der Waals surface area contributed by atoms with Crippen LogP contribution in [0.15, 0.2) is 0 Å². The van der Waals surface area contributed by atoms with Gasteiger partial charge in [-0.3, -0.25) is 28.9 Å². The van der Waals surface area contributed by atoms with Gasteiger partial charge in [0.05, 0.1) is 29.0 Å². The standard InChI is InChI=1S/C14H29NO2.2C13H26O2.C11H24N2O.C11H23NO2/c1-8-14(6,7)13(16)17-10-9-15(11(2)3)12(4)5;1-8-13(6,7)11(14)15-10(2)9-12(3,4)5;1-8-13(6,7)12(14)15-11(9(2)3)10(4)5;1-6-11(2,3)10(14)12-8-7-9-13(4)5;1-6-11(4,5)10(13)12-8-14-7-9(2)3/h11-12H,8-10H2,1-7H3;10H,8-9H2,1-7H3;9-11H,8H2,1-7H3;6-9H2,1-5H3,(H,12,14);9H,6-8H2,1-5H3,(H,12,13). The summed E-state index contributed by atoms with van der Waals surface area (Å²) in [5.41, 5.74) is -1.38. The van der Waals surface area contributed by atoms with E-state index in [4.69, 9.17) is 18.9 Å². The van der Waals surface area contributed by atoms with Gasteiger partial charge in [0.25, 0.3) is 0 Å². The maximum Gasteiger partial charge on any atom is 0.311 e. The molecular weight excluding hydrogens is 945 g/mol. The lowest BCUT2D eigenvalue weighted by Crippen LogP contribution is -2.40. The molecule has 0 spiro atoms. The van der Waals surface area contributed by atoms with E-state index in [0.29, 0.717) is 49.8 Å². The van der Waals surface area contributed by atoms with Crippen molar-refractivity contribution in [3.63, 3.8) is 0 Å². The molecule has 2 N–H and O–H groups in total. The Labute approximate surface area is 465 Å². The Morgan fingerprint density at radius 2 is 0.867 bits per heavy atom. The van der Waals surface area contributed by atoms with Crippen LogP contribution in [0.3, 0.4) is 0 Å². The van der Waals surface area contributed by atoms with E-state index in [2.05, 4.69) is 110 Å². The van der Waals surface area contributed by atoms with Gasteiger partial charge in [0, 0.05) is 36.0 Å². The number of esters is 3. The largest absolute Gasteiger partial charge is 0.464 e. The summed E-state index contributed by atoms with van der Waals surface area (Å²) in [6, 6.07) is 0.959. The van der Waals surface area contributed by atoms with E-state index in [1.807, 2.05) is 125 Å². The van der Waals surface area contributed by atoms with Crippen LogP contribution in [-0.4, -0.2) is 117 Å². The number of hydrogen-bond donors (Lipinski definition) is 2. The summed E-state index contributed by atoms with van der Waals surface area (Å²) in [5, 5.41) is 5.73. The molecule has 1 atom stereocenters. The maximum atomic E-state index is 11.9. The number of hydrogen-bond acceptors (Lipinski definition) is 11. The van der Waals surface area contributed by atoms with Crippen LogP contribution in [0.2, 0.25) is 0 Å². The average molecular weight is 1070 g/mol. The first-order chi connectivity index (χ1) is 33.8. The van der Waals surface area contributed by atoms with Gasteiger partial charge in [-0.15, -0.1) is 0 Å². The van der Waals surface area contributed by atoms with Gasteiger partial charge in [0.1, 0.15) is 19.4 Å². The molecule has 13 nitrogen and oxygen atoms in total. The Morgan fingerprint density at radius 1 is 0.493 bits per heavy atom. The summed E-state index contributed by atoms with van der Waals surface area (Å²) in [7, 11) is 4.08. The van der Waals surface area contributed by atoms with Gasteiger partial charge >= 0.3 is 17.9 Å². The van der Waals surface area contributed by atoms with E-state index in [9.17, 15) is 24.0 Å². The highest BCUT2D eigenvalue weighted by atomic mass is 16.6. The van der Waals surface area contributed by atoms with Crippen LogP contribution in [0, 0.1) is 50.2 Å². The molecule has 0 heterocycles. The molecule has 0 aromatic heterocycles. The van der Waals surface area contributed by atoms with Crippen molar-refractivity contribution >= 4 is 29.7 Å². The van der Waals surface area contributed by atoms with Gasteiger partial charge in [0.2, 0.25) is 11.8 Å². The van der Waals surface area contributed by atoms with Gasteiger partial charge in [-0.05, 0) is 165 Å². The first-order valence-corrected chi connectivity index (χ1v) is 29.0. The van der Waals surface area contributed by atoms with Crippen LogP contribution >= 0.6 is 0 Å². The Hall–Kier alpha value is -2.77. The second-order valence-corrected chi connectivity index (χ2v) is 26.9. The van der Waals surface area contributed by atoms with E-state index in [1.165, 1.54) is 0 Å². The van der Waals surface area contributed by atoms with Gasteiger partial charge in [-0.25, -0.2) is 0 Å². The van der Waals surface area contributed by atoms with Gasteiger partial charge in [-0.2, -0.15) is 0 Å². The van der Waals surface area contributed by atoms with Crippen molar-refractivity contribution < 1.29 is 42.9 Å². The SMILES string of the molecule is CCC(C)(C)C(=O)NCCCN(C)C.CCC(C)(C)C(=O)NCOCC(C)C.CCC(C)(C)C(=O)OC(C(C)C)C(C)C.CCC(C)(C)C(=O)OC(C)CC(C)(C)C.CCC(C)(C)C(=O)OCCN(C(C)C)C(C)C. The number of carbonyl (C=O) groups excluding carboxylic acids is 5. The molecule has 0 aromatic carbocycles. The maximum absolute atomic E-state index is 11.9. The predicted molar refractivity (Wildman–Crippen MR) is 317 cm³/mol. The quantitative estimate of drug-likeness (QED) is 0.0333. The fraction of sp³-hybridized carbons (Fsp3) is 0.919. The van der Waals surface area contributed by atoms with Crippen LogP contribution in [0.5, 0.6) is 0 Å². The number of carbonyl (C=O) groups is 5. The third-order valence-electron chi connectivity index (χ3n) is 13.8. The molecule has 0 rings (SSSR count). The molecule has 0 saturated heterocycles. The molecule has 1 unspecified atom stereocenters. The van der Waals surface area contributed by atoms with Crippen molar-refractivity contribution in [1.82, 2.24) is 20.4 Å². The summed E-state index contributed by atoms with van der Waals surface area (Å²) in [6.07, 6.45) is 6.10. The summed E-state index contributed by atoms with van der Waals surface area (Å²) < 4.78 is 21.7. The summed E-state index contributed by atoms with van der Waals surface area (Å²) in [6.45, 7) is 63.2. The van der Waals surface area contributed by atoms with Crippen molar-refractivity contribution in [2.24, 2.45) is 50.2 Å². The molecule has 0 aliphatic rings. The molecular formula is C62H128N4O9. The van der Waals surface area contributed by atoms with Crippen molar-refractivity contribution in [1.29, 1.82) is 0 Å². The van der Waals surface area contributed by atoms with Crippen LogP contribution in [0.1, 0.15) is 246 Å². The lowest BCUT2D eigenvalue weighted by atomic mass is 9.88. The molecule has 0 radical (unpaired) electrons. The third kappa shape index (κ3) is 41.0. The van der Waals surface area contributed by atoms with E-state index in [1.54, 1.807) is 0 Å². The molecule has 0 saturated carbocycles. The number of rotatable bonds is 28. The zero-order chi connectivity index (χ0) is 60.5. The molecule has 13 heteroatoms. The smallest absolute Gasteiger partial charge is 0.311 e. The lowest BCUT2D eigenvalue weighted by molar-refractivity contribution is -0.165. The number of amides is 2. The van der Waals surface area contributed by atoms with E-state index in [0.717, 1.165) is 64.6 Å². The Kier molecular flexibility index (Phi) is 42.8. The predicted octanol–water partition coefficient (Wildman–Crippen LogP) is 14.2. The van der Waals surface area contributed by atoms with Crippen LogP contribution in [0.4, 0.5) is 0 Å². The minimum absolute atomic E-state index is 0.00308. The normalized spacial score (nSPS) is 12.8. The van der Waals surface area contributed by atoms with Crippen LogP contribution in [-0.2, 0) is 42.9 Å². The first-order valence-electron chi connectivity index (χ1n) is 29.0. The third-order valence-corrected chi connectivity index (χ3v) is 13.8. The second kappa shape index (κ2) is 39.6. The van der Waals surface area contributed by atoms with Crippen LogP contribution in [0.25, 0.3) is 0 Å². The molecule has 0 fully saturated rings. The summed E-state index contributed by atoms with van der Waals surface area (Å²) in [4.78, 5) is 63.1. The number of ether oxygens (including phenoxy) is 4. The zero-order valence-corrected chi connectivity index (χ0v) is 55.3. The highest BCUT2D eigenvalue weighted by Crippen LogP contribution is 2.28. The Morgan fingerprint density at radius 3 is 1.20 bits per heavy atom. The van der Waals surface area contributed by atoms with E-state index in [-0.39, 0.29) is 74.4 Å². The molecule has 0 aromatic rings. The molecule has 0 aliphatic carbocycles. The minimum atomic E-state index is -0.361. The Balaban J connectivity index is -0.000000273. The molecule has 0 bridgehead atoms. The summed E-state index contributed by atoms with van der Waals surface area (Å²) >= 11 is 0. The Bertz CT molecular complexity index is 1470. The fourth-order valence-electron chi connectivity index (χ4n) is 6.36. The lowest BCUT2D eigenvalue weighted by Gasteiger charge is -2.30. The summed E-state index contributed by atoms with van der Waals surface area (Å²) in [5.74, 6) is 1.24. The fourth-order valence-corrected chi connectivity index (χ4v) is 6.36. The van der Waals surface area contributed by atoms with Crippen molar-refractivity contribution in [3.05, 3.63) is 0 Å². The molecule has 2 amide bonds. The van der Waals surface area contributed by atoms with E-state index >= 15 is 0 Å². The van der Waals surface area contributed by atoms with Crippen LogP contribution < -0.4 is 10.6 Å². The second-order valence-electron chi connectivity index (χ2n) is 26.9. The van der Waals surface area contributed by atoms with Crippen molar-refractivity contribution in [3.8, 4) is 0 Å². The molecule has 450 valence electrons. The van der Waals surface area contributed by atoms with Gasteiger partial charge in [0.15, 0.2) is 0 Å². The molecule has 75 heavy (non-hydrogen) atoms. The minimum Gasteiger partial charge on any atom is -0.464 e. The van der Waals surface area contributed by atoms with Gasteiger partial charge in [-0.1, -0.05) is 125 Å². The van der Waals surface area contributed by atoms with E-state index < -0.39 is 0 Å². The van der Waals surface area contributed by atoms with Crippen molar-refractivity contribution in [2.75, 3.05) is 53.7 Å². The number of nitrogens with one attached hydrogen (secondary N) is 2. The molecule has 0 aliphatic heterocycles. The monoisotopic (exact) mass is 1070 g/mol. The zero-order valence-electron chi connectivity index (χ0n) is 55.3. The van der Waals surface area contributed by atoms with Gasteiger partial charge < -0.3 is 34.5 Å². The highest BCUT2D eigenvalue weighted by molar-refractivity contribution is 5.82. The number of nitrogens with zero attached hydrogens (tertiary/aromatic N) is 2. The van der Waals surface area contributed by atoms with Crippen molar-refractivity contribution in [2.45, 2.75) is 270 Å². The average Bonchev–Trinajstić information content (AvgIpc) is 3.28. The highest BCUT2D eigenvalue weighted by Gasteiger charge is 2.33. The first kappa shape index (κ1) is 81.1. The topological polar surface area (TPSA) is 153 Å².